The van der Waals surface area contributed by atoms with E-state index in [0.29, 0.717) is 36.9 Å². The summed E-state index contributed by atoms with van der Waals surface area (Å²) in [6.45, 7) is 3.44. The van der Waals surface area contributed by atoms with Crippen LogP contribution in [-0.2, 0) is 34.2 Å². The molecule has 3 aromatic carbocycles. The van der Waals surface area contributed by atoms with Crippen LogP contribution in [0.4, 0.5) is 5.69 Å². The molecule has 2 N–H and O–H groups in total. The summed E-state index contributed by atoms with van der Waals surface area (Å²) >= 11 is 6.36. The number of fused-ring (bicyclic) bond motifs is 3. The SMILES string of the molecule is CO[C@@]1(CO)/C=C/C[C@H](C)[C@H](Cc2ccccc2)S(=O)(=O)NC(=O)c2ccc3c(c2)N(CCCCc2cc(Cl)ccc2CO3)C[C@@H]2CC[C@H]21. The number of hydrogen-bond acceptors (Lipinski definition) is 7. The molecule has 0 spiro atoms. The molecule has 0 unspecified atom stereocenters. The van der Waals surface area contributed by atoms with Gasteiger partial charge in [0.1, 0.15) is 18.0 Å². The van der Waals surface area contributed by atoms with Crippen molar-refractivity contribution in [3.63, 3.8) is 0 Å². The van der Waals surface area contributed by atoms with E-state index in [2.05, 4.69) is 9.62 Å². The molecule has 0 saturated heterocycles. The molecule has 49 heavy (non-hydrogen) atoms. The van der Waals surface area contributed by atoms with Gasteiger partial charge in [0, 0.05) is 30.8 Å². The number of nitrogens with zero attached hydrogens (tertiary/aromatic N) is 1. The maximum Gasteiger partial charge on any atom is 0.264 e. The van der Waals surface area contributed by atoms with Gasteiger partial charge >= 0.3 is 0 Å². The van der Waals surface area contributed by atoms with Crippen LogP contribution in [-0.4, -0.2) is 57.1 Å². The van der Waals surface area contributed by atoms with Gasteiger partial charge < -0.3 is 19.5 Å². The number of benzene rings is 3. The zero-order valence-electron chi connectivity index (χ0n) is 28.3. The number of rotatable bonds is 4. The average molecular weight is 707 g/mol. The Morgan fingerprint density at radius 1 is 1.06 bits per heavy atom. The van der Waals surface area contributed by atoms with E-state index in [-0.39, 0.29) is 36.3 Å². The van der Waals surface area contributed by atoms with Gasteiger partial charge in [0.25, 0.3) is 5.91 Å². The van der Waals surface area contributed by atoms with Crippen LogP contribution in [0.5, 0.6) is 5.75 Å². The number of carbonyl (C=O) groups excluding carboxylic acids is 1. The molecule has 262 valence electrons. The molecule has 5 atom stereocenters. The van der Waals surface area contributed by atoms with Crippen molar-refractivity contribution in [3.05, 3.63) is 106 Å². The molecule has 1 aliphatic carbocycles. The topological polar surface area (TPSA) is 105 Å². The number of anilines is 1. The van der Waals surface area contributed by atoms with E-state index in [4.69, 9.17) is 21.1 Å². The molecule has 10 heteroatoms. The zero-order chi connectivity index (χ0) is 34.6. The van der Waals surface area contributed by atoms with Gasteiger partial charge in [-0.25, -0.2) is 13.1 Å². The molecule has 2 bridgehead atoms. The highest BCUT2D eigenvalue weighted by Crippen LogP contribution is 2.46. The molecule has 6 rings (SSSR count). The molecule has 1 fully saturated rings. The van der Waals surface area contributed by atoms with Gasteiger partial charge in [-0.15, -0.1) is 0 Å². The lowest BCUT2D eigenvalue weighted by Gasteiger charge is -2.49. The first kappa shape index (κ1) is 35.5. The van der Waals surface area contributed by atoms with E-state index < -0.39 is 26.8 Å². The number of hydrogen-bond donors (Lipinski definition) is 2. The molecule has 2 heterocycles. The minimum absolute atomic E-state index is 0.0613. The molecule has 1 saturated carbocycles. The van der Waals surface area contributed by atoms with E-state index in [1.807, 2.05) is 67.6 Å². The number of carbonyl (C=O) groups is 1. The molecule has 0 radical (unpaired) electrons. The van der Waals surface area contributed by atoms with Crippen LogP contribution in [0.3, 0.4) is 0 Å². The number of nitrogens with one attached hydrogen (secondary N) is 1. The maximum absolute atomic E-state index is 14.1. The Morgan fingerprint density at radius 2 is 1.88 bits per heavy atom. The van der Waals surface area contributed by atoms with Gasteiger partial charge in [-0.2, -0.15) is 0 Å². The molecule has 2 aliphatic heterocycles. The van der Waals surface area contributed by atoms with Crippen molar-refractivity contribution in [2.45, 2.75) is 69.3 Å². The van der Waals surface area contributed by atoms with Crippen LogP contribution < -0.4 is 14.4 Å². The number of allylic oxidation sites excluding steroid dienone is 1. The number of methoxy groups -OCH3 is 1. The molecule has 1 amide bonds. The highest BCUT2D eigenvalue weighted by molar-refractivity contribution is 7.90. The molecule has 8 nitrogen and oxygen atoms in total. The smallest absolute Gasteiger partial charge is 0.264 e. The van der Waals surface area contributed by atoms with Crippen molar-refractivity contribution in [1.82, 2.24) is 4.72 Å². The lowest BCUT2D eigenvalue weighted by Crippen LogP contribution is -2.53. The normalized spacial score (nSPS) is 28.0. The fourth-order valence-electron chi connectivity index (χ4n) is 7.73. The van der Waals surface area contributed by atoms with Crippen LogP contribution in [0.1, 0.15) is 66.1 Å². The minimum Gasteiger partial charge on any atom is -0.487 e. The van der Waals surface area contributed by atoms with Crippen molar-refractivity contribution < 1.29 is 27.8 Å². The van der Waals surface area contributed by atoms with Crippen molar-refractivity contribution in [3.8, 4) is 5.75 Å². The number of amides is 1. The Morgan fingerprint density at radius 3 is 2.61 bits per heavy atom. The van der Waals surface area contributed by atoms with E-state index in [0.717, 1.165) is 54.5 Å². The van der Waals surface area contributed by atoms with Crippen molar-refractivity contribution >= 4 is 33.2 Å². The highest BCUT2D eigenvalue weighted by Gasteiger charge is 2.47. The van der Waals surface area contributed by atoms with Crippen molar-refractivity contribution in [2.24, 2.45) is 17.8 Å². The third-order valence-electron chi connectivity index (χ3n) is 10.8. The molecule has 3 aromatic rings. The Hall–Kier alpha value is -3.37. The summed E-state index contributed by atoms with van der Waals surface area (Å²) in [6.07, 6.45) is 9.16. The molecule has 0 aromatic heterocycles. The Bertz CT molecular complexity index is 1760. The van der Waals surface area contributed by atoms with Gasteiger partial charge in [0.2, 0.25) is 10.0 Å². The number of aliphatic hydroxyl groups excluding tert-OH is 1. The van der Waals surface area contributed by atoms with E-state index in [1.54, 1.807) is 25.3 Å². The minimum atomic E-state index is -4.11. The average Bonchev–Trinajstić information content (AvgIpc) is 3.11. The van der Waals surface area contributed by atoms with E-state index in [9.17, 15) is 18.3 Å². The summed E-state index contributed by atoms with van der Waals surface area (Å²) in [7, 11) is -2.47. The summed E-state index contributed by atoms with van der Waals surface area (Å²) in [5, 5.41) is 10.6. The standard InChI is InChI=1S/C39H47ClN2O6S/c1-27-9-8-19-39(26-43,47-2)34-17-14-31(34)24-42-20-7-6-12-29-22-33(40)16-13-32(29)25-48-36-18-15-30(23-35(36)42)38(44)41-49(45,46)37(27)21-28-10-4-3-5-11-28/h3-5,8,10-11,13,15-16,18-19,22-23,27,31,34,37,43H,6-7,9,12,14,17,20-21,24-26H2,1-2H3,(H,41,44)/b19-8+/t27-,31-,34+,37-,39+/m0/s1. The number of aliphatic hydroxyl groups is 1. The Labute approximate surface area is 295 Å². The van der Waals surface area contributed by atoms with Crippen LogP contribution in [0, 0.1) is 17.8 Å². The fourth-order valence-corrected chi connectivity index (χ4v) is 9.59. The second-order valence-corrected chi connectivity index (χ2v) is 16.2. The zero-order valence-corrected chi connectivity index (χ0v) is 29.9. The number of sulfonamides is 1. The first-order chi connectivity index (χ1) is 23.6. The Kier molecular flexibility index (Phi) is 11.0. The maximum atomic E-state index is 14.1. The molecular weight excluding hydrogens is 660 g/mol. The Balaban J connectivity index is 1.42. The monoisotopic (exact) mass is 706 g/mol. The van der Waals surface area contributed by atoms with Gasteiger partial charge in [-0.3, -0.25) is 4.79 Å². The third kappa shape index (κ3) is 7.85. The van der Waals surface area contributed by atoms with Gasteiger partial charge in [-0.1, -0.05) is 67.1 Å². The first-order valence-electron chi connectivity index (χ1n) is 17.3. The van der Waals surface area contributed by atoms with Gasteiger partial charge in [-0.05, 0) is 110 Å². The van der Waals surface area contributed by atoms with Crippen molar-refractivity contribution in [2.75, 3.05) is 31.7 Å². The summed E-state index contributed by atoms with van der Waals surface area (Å²) < 4.78 is 43.1. The third-order valence-corrected chi connectivity index (χ3v) is 13.0. The number of halogens is 1. The second-order valence-electron chi connectivity index (χ2n) is 13.9. The van der Waals surface area contributed by atoms with E-state index in [1.165, 1.54) is 0 Å². The number of aryl methyl sites for hydroxylation is 1. The molecule has 3 aliphatic rings. The predicted octanol–water partition coefficient (Wildman–Crippen LogP) is 6.73. The molecular formula is C39H47ClN2O6S. The summed E-state index contributed by atoms with van der Waals surface area (Å²) in [5.74, 6) is -0.0971. The largest absolute Gasteiger partial charge is 0.487 e. The first-order valence-corrected chi connectivity index (χ1v) is 19.3. The van der Waals surface area contributed by atoms with Crippen LogP contribution in [0.2, 0.25) is 5.02 Å². The number of ether oxygens (including phenoxy) is 2. The quantitative estimate of drug-likeness (QED) is 0.290. The highest BCUT2D eigenvalue weighted by atomic mass is 35.5. The van der Waals surface area contributed by atoms with Crippen LogP contribution in [0.15, 0.2) is 78.9 Å². The lowest BCUT2D eigenvalue weighted by molar-refractivity contribution is -0.103. The lowest BCUT2D eigenvalue weighted by atomic mass is 9.64. The van der Waals surface area contributed by atoms with Crippen molar-refractivity contribution in [1.29, 1.82) is 0 Å². The fraction of sp³-hybridized carbons (Fsp3) is 0.462. The summed E-state index contributed by atoms with van der Waals surface area (Å²) in [6, 6.07) is 20.5. The summed E-state index contributed by atoms with van der Waals surface area (Å²) in [5.41, 5.74) is 3.20. The van der Waals surface area contributed by atoms with Gasteiger partial charge in [0.05, 0.1) is 17.5 Å². The van der Waals surface area contributed by atoms with Crippen LogP contribution in [0.25, 0.3) is 0 Å². The van der Waals surface area contributed by atoms with Crippen LogP contribution >= 0.6 is 11.6 Å². The summed E-state index contributed by atoms with van der Waals surface area (Å²) in [4.78, 5) is 16.1. The van der Waals surface area contributed by atoms with Gasteiger partial charge in [0.15, 0.2) is 0 Å². The van der Waals surface area contributed by atoms with E-state index >= 15 is 0 Å². The second kappa shape index (κ2) is 15.3. The predicted molar refractivity (Wildman–Crippen MR) is 194 cm³/mol.